The van der Waals surface area contributed by atoms with Gasteiger partial charge in [0.1, 0.15) is 5.75 Å². The lowest BCUT2D eigenvalue weighted by atomic mass is 10.1. The van der Waals surface area contributed by atoms with E-state index >= 15 is 0 Å². The fraction of sp³-hybridized carbons (Fsp3) is 0.316. The van der Waals surface area contributed by atoms with Gasteiger partial charge >= 0.3 is 0 Å². The normalized spacial score (nSPS) is 13.0. The minimum absolute atomic E-state index is 0.0321. The zero-order valence-electron chi connectivity index (χ0n) is 13.7. The van der Waals surface area contributed by atoms with Gasteiger partial charge in [0.15, 0.2) is 11.5 Å². The monoisotopic (exact) mass is 327 g/mol. The molecule has 0 aromatic heterocycles. The van der Waals surface area contributed by atoms with E-state index in [2.05, 4.69) is 5.32 Å². The summed E-state index contributed by atoms with van der Waals surface area (Å²) >= 11 is 0. The predicted molar refractivity (Wildman–Crippen MR) is 90.6 cm³/mol. The van der Waals surface area contributed by atoms with Crippen LogP contribution in [0.3, 0.4) is 0 Å². The molecule has 0 atom stereocenters. The van der Waals surface area contributed by atoms with Gasteiger partial charge in [-0.3, -0.25) is 4.79 Å². The number of fused-ring (bicyclic) bond motifs is 1. The standard InChI is InChI=1S/C19H21NO4/c1-22-16-5-2-4-14(10-16)12-19(21)20-13-15-6-7-17-18(11-15)24-9-3-8-23-17/h2,4-7,10-11H,3,8-9,12-13H2,1H3,(H,20,21). The van der Waals surface area contributed by atoms with E-state index in [0.717, 1.165) is 34.8 Å². The van der Waals surface area contributed by atoms with Crippen molar-refractivity contribution in [2.45, 2.75) is 19.4 Å². The van der Waals surface area contributed by atoms with E-state index < -0.39 is 0 Å². The first-order valence-corrected chi connectivity index (χ1v) is 8.03. The Labute approximate surface area is 141 Å². The lowest BCUT2D eigenvalue weighted by molar-refractivity contribution is -0.120. The molecule has 126 valence electrons. The topological polar surface area (TPSA) is 56.8 Å². The van der Waals surface area contributed by atoms with Gasteiger partial charge in [-0.25, -0.2) is 0 Å². The SMILES string of the molecule is COc1cccc(CC(=O)NCc2ccc3c(c2)OCCCO3)c1. The average Bonchev–Trinajstić information content (AvgIpc) is 2.85. The summed E-state index contributed by atoms with van der Waals surface area (Å²) in [5, 5.41) is 2.93. The van der Waals surface area contributed by atoms with Gasteiger partial charge in [-0.1, -0.05) is 18.2 Å². The Morgan fingerprint density at radius 1 is 1.08 bits per heavy atom. The molecule has 0 saturated heterocycles. The number of methoxy groups -OCH3 is 1. The smallest absolute Gasteiger partial charge is 0.224 e. The number of ether oxygens (including phenoxy) is 3. The van der Waals surface area contributed by atoms with Crippen molar-refractivity contribution in [1.29, 1.82) is 0 Å². The number of rotatable bonds is 5. The molecule has 0 radical (unpaired) electrons. The number of carbonyl (C=O) groups excluding carboxylic acids is 1. The van der Waals surface area contributed by atoms with Gasteiger partial charge in [-0.05, 0) is 35.4 Å². The molecular weight excluding hydrogens is 306 g/mol. The minimum Gasteiger partial charge on any atom is -0.497 e. The molecule has 2 aromatic rings. The third-order valence-corrected chi connectivity index (χ3v) is 3.80. The predicted octanol–water partition coefficient (Wildman–Crippen LogP) is 2.72. The minimum atomic E-state index is -0.0321. The fourth-order valence-corrected chi connectivity index (χ4v) is 2.55. The van der Waals surface area contributed by atoms with Crippen molar-refractivity contribution in [1.82, 2.24) is 5.32 Å². The molecule has 24 heavy (non-hydrogen) atoms. The van der Waals surface area contributed by atoms with Crippen LogP contribution in [0.1, 0.15) is 17.5 Å². The number of carbonyl (C=O) groups is 1. The van der Waals surface area contributed by atoms with Crippen molar-refractivity contribution in [2.75, 3.05) is 20.3 Å². The van der Waals surface area contributed by atoms with E-state index in [4.69, 9.17) is 14.2 Å². The molecule has 0 fully saturated rings. The second kappa shape index (κ2) is 7.73. The molecule has 5 heteroatoms. The van der Waals surface area contributed by atoms with Crippen LogP contribution in [0.4, 0.5) is 0 Å². The van der Waals surface area contributed by atoms with E-state index in [1.807, 2.05) is 42.5 Å². The Morgan fingerprint density at radius 3 is 2.75 bits per heavy atom. The Balaban J connectivity index is 1.57. The largest absolute Gasteiger partial charge is 0.497 e. The zero-order chi connectivity index (χ0) is 16.8. The van der Waals surface area contributed by atoms with Crippen LogP contribution in [0.25, 0.3) is 0 Å². The molecule has 0 saturated carbocycles. The van der Waals surface area contributed by atoms with Crippen molar-refractivity contribution in [2.24, 2.45) is 0 Å². The molecule has 0 unspecified atom stereocenters. The van der Waals surface area contributed by atoms with Gasteiger partial charge in [-0.2, -0.15) is 0 Å². The third-order valence-electron chi connectivity index (χ3n) is 3.80. The third kappa shape index (κ3) is 4.19. The number of amides is 1. The van der Waals surface area contributed by atoms with Gasteiger partial charge in [-0.15, -0.1) is 0 Å². The van der Waals surface area contributed by atoms with Crippen LogP contribution in [0.15, 0.2) is 42.5 Å². The first-order chi connectivity index (χ1) is 11.7. The quantitative estimate of drug-likeness (QED) is 0.917. The highest BCUT2D eigenvalue weighted by atomic mass is 16.5. The van der Waals surface area contributed by atoms with Crippen LogP contribution in [-0.2, 0) is 17.8 Å². The van der Waals surface area contributed by atoms with Crippen LogP contribution in [0.2, 0.25) is 0 Å². The lowest BCUT2D eigenvalue weighted by Crippen LogP contribution is -2.24. The van der Waals surface area contributed by atoms with E-state index in [1.54, 1.807) is 7.11 Å². The van der Waals surface area contributed by atoms with Crippen LogP contribution in [-0.4, -0.2) is 26.2 Å². The summed E-state index contributed by atoms with van der Waals surface area (Å²) in [6.07, 6.45) is 1.20. The number of benzene rings is 2. The molecule has 3 rings (SSSR count). The number of hydrogen-bond donors (Lipinski definition) is 1. The summed E-state index contributed by atoms with van der Waals surface area (Å²) in [4.78, 5) is 12.1. The van der Waals surface area contributed by atoms with Crippen molar-refractivity contribution < 1.29 is 19.0 Å². The number of hydrogen-bond acceptors (Lipinski definition) is 4. The van der Waals surface area contributed by atoms with Crippen molar-refractivity contribution in [3.63, 3.8) is 0 Å². The highest BCUT2D eigenvalue weighted by molar-refractivity contribution is 5.78. The summed E-state index contributed by atoms with van der Waals surface area (Å²) in [5.74, 6) is 2.23. The zero-order valence-corrected chi connectivity index (χ0v) is 13.7. The van der Waals surface area contributed by atoms with E-state index in [9.17, 15) is 4.79 Å². The maximum atomic E-state index is 12.1. The van der Waals surface area contributed by atoms with Gasteiger partial charge in [0.25, 0.3) is 0 Å². The Morgan fingerprint density at radius 2 is 1.92 bits per heavy atom. The summed E-state index contributed by atoms with van der Waals surface area (Å²) in [6, 6.07) is 13.3. The van der Waals surface area contributed by atoms with Gasteiger partial charge in [0.2, 0.25) is 5.91 Å². The first-order valence-electron chi connectivity index (χ1n) is 8.03. The second-order valence-electron chi connectivity index (χ2n) is 5.64. The van der Waals surface area contributed by atoms with E-state index in [-0.39, 0.29) is 5.91 Å². The number of nitrogens with one attached hydrogen (secondary N) is 1. The molecule has 1 aliphatic rings. The molecular formula is C19H21NO4. The molecule has 1 N–H and O–H groups in total. The van der Waals surface area contributed by atoms with Crippen molar-refractivity contribution in [3.8, 4) is 17.2 Å². The maximum Gasteiger partial charge on any atom is 0.224 e. The Bertz CT molecular complexity index is 714. The van der Waals surface area contributed by atoms with Crippen LogP contribution in [0, 0.1) is 0 Å². The fourth-order valence-electron chi connectivity index (χ4n) is 2.55. The van der Waals surface area contributed by atoms with Gasteiger partial charge < -0.3 is 19.5 Å². The Hall–Kier alpha value is -2.69. The molecule has 1 amide bonds. The highest BCUT2D eigenvalue weighted by Gasteiger charge is 2.11. The summed E-state index contributed by atoms with van der Waals surface area (Å²) < 4.78 is 16.4. The summed E-state index contributed by atoms with van der Waals surface area (Å²) in [7, 11) is 1.61. The second-order valence-corrected chi connectivity index (χ2v) is 5.64. The van der Waals surface area contributed by atoms with E-state index in [0.29, 0.717) is 26.2 Å². The maximum absolute atomic E-state index is 12.1. The summed E-state index contributed by atoms with van der Waals surface area (Å²) in [5.41, 5.74) is 1.91. The van der Waals surface area contributed by atoms with Crippen molar-refractivity contribution in [3.05, 3.63) is 53.6 Å². The molecule has 2 aromatic carbocycles. The molecule has 0 spiro atoms. The van der Waals surface area contributed by atoms with Crippen molar-refractivity contribution >= 4 is 5.91 Å². The molecule has 1 heterocycles. The first kappa shape index (κ1) is 16.2. The van der Waals surface area contributed by atoms with Gasteiger partial charge in [0.05, 0.1) is 26.7 Å². The van der Waals surface area contributed by atoms with Crippen LogP contribution in [0.5, 0.6) is 17.2 Å². The average molecular weight is 327 g/mol. The molecule has 5 nitrogen and oxygen atoms in total. The lowest BCUT2D eigenvalue weighted by Gasteiger charge is -2.10. The highest BCUT2D eigenvalue weighted by Crippen LogP contribution is 2.30. The van der Waals surface area contributed by atoms with Crippen LogP contribution >= 0.6 is 0 Å². The Kier molecular flexibility index (Phi) is 5.21. The molecule has 0 aliphatic carbocycles. The molecule has 1 aliphatic heterocycles. The van der Waals surface area contributed by atoms with Crippen LogP contribution < -0.4 is 19.5 Å². The molecule has 0 bridgehead atoms. The van der Waals surface area contributed by atoms with E-state index in [1.165, 1.54) is 0 Å². The summed E-state index contributed by atoms with van der Waals surface area (Å²) in [6.45, 7) is 1.78. The van der Waals surface area contributed by atoms with Gasteiger partial charge in [0, 0.05) is 13.0 Å².